The molecule has 1 N–H and O–H groups in total. The molecule has 0 spiro atoms. The smallest absolute Gasteiger partial charge is 0.241 e. The molecule has 5 nitrogen and oxygen atoms in total. The zero-order valence-corrected chi connectivity index (χ0v) is 12.8. The van der Waals surface area contributed by atoms with E-state index in [1.54, 1.807) is 12.1 Å². The van der Waals surface area contributed by atoms with Gasteiger partial charge in [0, 0.05) is 11.6 Å². The highest BCUT2D eigenvalue weighted by molar-refractivity contribution is 5.53. The van der Waals surface area contributed by atoms with Gasteiger partial charge in [-0.1, -0.05) is 5.16 Å². The number of benzene rings is 1. The van der Waals surface area contributed by atoms with Crippen LogP contribution in [0, 0.1) is 5.82 Å². The highest BCUT2D eigenvalue weighted by Gasteiger charge is 2.36. The summed E-state index contributed by atoms with van der Waals surface area (Å²) < 4.78 is 18.2. The summed E-state index contributed by atoms with van der Waals surface area (Å²) in [6, 6.07) is 6.08. The number of rotatable bonds is 4. The van der Waals surface area contributed by atoms with Gasteiger partial charge in [0.2, 0.25) is 11.7 Å². The molecule has 118 valence electrons. The Bertz CT molecular complexity index is 634. The average molecular weight is 305 g/mol. The Morgan fingerprint density at radius 3 is 2.77 bits per heavy atom. The van der Waals surface area contributed by atoms with Gasteiger partial charge in [0.05, 0.1) is 12.1 Å². The van der Waals surface area contributed by atoms with E-state index in [0.29, 0.717) is 18.3 Å². The van der Waals surface area contributed by atoms with E-state index >= 15 is 0 Å². The largest absolute Gasteiger partial charge is 0.389 e. The van der Waals surface area contributed by atoms with Gasteiger partial charge < -0.3 is 9.63 Å². The molecular weight excluding hydrogens is 285 g/mol. The van der Waals surface area contributed by atoms with E-state index in [9.17, 15) is 9.50 Å². The van der Waals surface area contributed by atoms with Gasteiger partial charge >= 0.3 is 0 Å². The molecule has 0 amide bonds. The van der Waals surface area contributed by atoms with Crippen LogP contribution in [0.3, 0.4) is 0 Å². The van der Waals surface area contributed by atoms with Gasteiger partial charge in [0.1, 0.15) is 5.82 Å². The molecule has 0 saturated carbocycles. The summed E-state index contributed by atoms with van der Waals surface area (Å²) in [5.74, 6) is 0.669. The van der Waals surface area contributed by atoms with Crippen LogP contribution >= 0.6 is 0 Å². The molecule has 6 heteroatoms. The molecule has 0 radical (unpaired) electrons. The van der Waals surface area contributed by atoms with E-state index in [4.69, 9.17) is 4.52 Å². The first-order chi connectivity index (χ1) is 10.4. The lowest BCUT2D eigenvalue weighted by Gasteiger charge is -2.32. The summed E-state index contributed by atoms with van der Waals surface area (Å²) in [5, 5.41) is 14.2. The van der Waals surface area contributed by atoms with Gasteiger partial charge in [-0.05, 0) is 57.5 Å². The van der Waals surface area contributed by atoms with E-state index in [1.807, 2.05) is 13.8 Å². The third-order valence-corrected chi connectivity index (χ3v) is 4.09. The zero-order valence-electron chi connectivity index (χ0n) is 12.8. The Kier molecular flexibility index (Phi) is 3.97. The van der Waals surface area contributed by atoms with Crippen molar-refractivity contribution in [1.82, 2.24) is 15.0 Å². The predicted octanol–water partition coefficient (Wildman–Crippen LogP) is 2.61. The summed E-state index contributed by atoms with van der Waals surface area (Å²) >= 11 is 0. The standard InChI is InChI=1S/C16H20FN3O2/c1-16(2,21)13-4-3-9-20(13)10-14-18-15(19-22-14)11-5-7-12(17)8-6-11/h5-8,13,21H,3-4,9-10H2,1-2H3. The molecule has 1 atom stereocenters. The molecule has 1 aliphatic heterocycles. The van der Waals surface area contributed by atoms with Crippen LogP contribution in [-0.4, -0.2) is 38.3 Å². The molecular formula is C16H20FN3O2. The Morgan fingerprint density at radius 1 is 1.36 bits per heavy atom. The fourth-order valence-corrected chi connectivity index (χ4v) is 3.02. The lowest BCUT2D eigenvalue weighted by atomic mass is 9.97. The van der Waals surface area contributed by atoms with Crippen molar-refractivity contribution < 1.29 is 14.0 Å². The van der Waals surface area contributed by atoms with Gasteiger partial charge in [-0.2, -0.15) is 4.98 Å². The molecule has 1 aromatic heterocycles. The van der Waals surface area contributed by atoms with Gasteiger partial charge in [-0.15, -0.1) is 0 Å². The first-order valence-electron chi connectivity index (χ1n) is 7.48. The first kappa shape index (κ1) is 15.1. The van der Waals surface area contributed by atoms with Crippen molar-refractivity contribution in [3.63, 3.8) is 0 Å². The van der Waals surface area contributed by atoms with Crippen molar-refractivity contribution in [2.24, 2.45) is 0 Å². The summed E-state index contributed by atoms with van der Waals surface area (Å²) in [4.78, 5) is 6.54. The van der Waals surface area contributed by atoms with Crippen molar-refractivity contribution in [2.75, 3.05) is 6.54 Å². The molecule has 1 saturated heterocycles. The van der Waals surface area contributed by atoms with Crippen LogP contribution in [0.15, 0.2) is 28.8 Å². The lowest BCUT2D eigenvalue weighted by molar-refractivity contribution is -0.00774. The molecule has 2 heterocycles. The van der Waals surface area contributed by atoms with E-state index < -0.39 is 5.60 Å². The summed E-state index contributed by atoms with van der Waals surface area (Å²) in [5.41, 5.74) is -0.0343. The van der Waals surface area contributed by atoms with Crippen LogP contribution in [0.5, 0.6) is 0 Å². The number of aliphatic hydroxyl groups is 1. The fourth-order valence-electron chi connectivity index (χ4n) is 3.02. The molecule has 1 unspecified atom stereocenters. The number of nitrogens with zero attached hydrogens (tertiary/aromatic N) is 3. The van der Waals surface area contributed by atoms with Crippen molar-refractivity contribution in [1.29, 1.82) is 0 Å². The second kappa shape index (κ2) is 5.78. The second-order valence-electron chi connectivity index (χ2n) is 6.30. The number of hydrogen-bond acceptors (Lipinski definition) is 5. The summed E-state index contributed by atoms with van der Waals surface area (Å²) in [6.07, 6.45) is 2.01. The number of hydrogen-bond donors (Lipinski definition) is 1. The highest BCUT2D eigenvalue weighted by atomic mass is 19.1. The molecule has 22 heavy (non-hydrogen) atoms. The molecule has 0 bridgehead atoms. The maximum absolute atomic E-state index is 12.9. The first-order valence-corrected chi connectivity index (χ1v) is 7.48. The lowest BCUT2D eigenvalue weighted by Crippen LogP contribution is -2.45. The third kappa shape index (κ3) is 3.18. The van der Waals surface area contributed by atoms with Crippen molar-refractivity contribution >= 4 is 0 Å². The fraction of sp³-hybridized carbons (Fsp3) is 0.500. The van der Waals surface area contributed by atoms with Crippen LogP contribution in [0.1, 0.15) is 32.6 Å². The molecule has 0 aliphatic carbocycles. The Balaban J connectivity index is 1.73. The maximum Gasteiger partial charge on any atom is 0.241 e. The summed E-state index contributed by atoms with van der Waals surface area (Å²) in [6.45, 7) is 5.08. The molecule has 1 aliphatic rings. The van der Waals surface area contributed by atoms with Crippen LogP contribution < -0.4 is 0 Å². The molecule has 1 aromatic carbocycles. The van der Waals surface area contributed by atoms with Gasteiger partial charge in [-0.3, -0.25) is 4.90 Å². The molecule has 1 fully saturated rings. The minimum atomic E-state index is -0.754. The Hall–Kier alpha value is -1.79. The van der Waals surface area contributed by atoms with Crippen LogP contribution in [0.4, 0.5) is 4.39 Å². The Morgan fingerprint density at radius 2 is 2.09 bits per heavy atom. The van der Waals surface area contributed by atoms with Crippen LogP contribution in [0.25, 0.3) is 11.4 Å². The minimum Gasteiger partial charge on any atom is -0.389 e. The van der Waals surface area contributed by atoms with Crippen LogP contribution in [0.2, 0.25) is 0 Å². The predicted molar refractivity (Wildman–Crippen MR) is 79.4 cm³/mol. The topological polar surface area (TPSA) is 62.4 Å². The quantitative estimate of drug-likeness (QED) is 0.941. The monoisotopic (exact) mass is 305 g/mol. The van der Waals surface area contributed by atoms with Gasteiger partial charge in [-0.25, -0.2) is 4.39 Å². The minimum absolute atomic E-state index is 0.0914. The van der Waals surface area contributed by atoms with E-state index in [1.165, 1.54) is 12.1 Å². The van der Waals surface area contributed by atoms with E-state index in [2.05, 4.69) is 15.0 Å². The summed E-state index contributed by atoms with van der Waals surface area (Å²) in [7, 11) is 0. The van der Waals surface area contributed by atoms with E-state index in [-0.39, 0.29) is 11.9 Å². The molecule has 2 aromatic rings. The van der Waals surface area contributed by atoms with Crippen molar-refractivity contribution in [2.45, 2.75) is 44.9 Å². The number of aromatic nitrogens is 2. The number of likely N-dealkylation sites (tertiary alicyclic amines) is 1. The third-order valence-electron chi connectivity index (χ3n) is 4.09. The number of halogens is 1. The zero-order chi connectivity index (χ0) is 15.7. The average Bonchev–Trinajstić information content (AvgIpc) is 3.09. The van der Waals surface area contributed by atoms with E-state index in [0.717, 1.165) is 24.9 Å². The second-order valence-corrected chi connectivity index (χ2v) is 6.30. The van der Waals surface area contributed by atoms with Gasteiger partial charge in [0.25, 0.3) is 0 Å². The maximum atomic E-state index is 12.9. The normalized spacial score (nSPS) is 19.7. The Labute approximate surface area is 128 Å². The van der Waals surface area contributed by atoms with Crippen molar-refractivity contribution in [3.05, 3.63) is 36.0 Å². The van der Waals surface area contributed by atoms with Gasteiger partial charge in [0.15, 0.2) is 0 Å². The van der Waals surface area contributed by atoms with Crippen LogP contribution in [-0.2, 0) is 6.54 Å². The highest BCUT2D eigenvalue weighted by Crippen LogP contribution is 2.28. The van der Waals surface area contributed by atoms with Crippen molar-refractivity contribution in [3.8, 4) is 11.4 Å². The SMILES string of the molecule is CC(C)(O)C1CCCN1Cc1nc(-c2ccc(F)cc2)no1. The molecule has 3 rings (SSSR count).